The quantitative estimate of drug-likeness (QED) is 0.0691. The Labute approximate surface area is 427 Å². The van der Waals surface area contributed by atoms with Crippen molar-refractivity contribution in [2.24, 2.45) is 0 Å². The van der Waals surface area contributed by atoms with Gasteiger partial charge in [0.1, 0.15) is 42.9 Å². The van der Waals surface area contributed by atoms with Gasteiger partial charge in [-0.2, -0.15) is 14.3 Å². The fraction of sp³-hybridized carbons (Fsp3) is 0.0328. The van der Waals surface area contributed by atoms with E-state index in [-0.39, 0.29) is 0 Å². The van der Waals surface area contributed by atoms with E-state index in [1.807, 2.05) is 41.6 Å². The van der Waals surface area contributed by atoms with Crippen LogP contribution in [0, 0.1) is 6.58 Å². The number of rotatable bonds is 7. The Hall–Kier alpha value is -6.28. The predicted molar refractivity (Wildman–Crippen MR) is 300 cm³/mol. The van der Waals surface area contributed by atoms with E-state index in [1.165, 1.54) is 82.2 Å². The minimum absolute atomic E-state index is 0.877. The van der Waals surface area contributed by atoms with Crippen LogP contribution in [0.2, 0.25) is 0 Å². The second-order valence-corrected chi connectivity index (χ2v) is 21.2. The first kappa shape index (κ1) is 50.6. The van der Waals surface area contributed by atoms with Crippen LogP contribution in [0.1, 0.15) is 22.3 Å². The van der Waals surface area contributed by atoms with E-state index in [1.54, 1.807) is 6.08 Å². The molecule has 0 N–H and O–H groups in total. The molecule has 9 aromatic carbocycles. The van der Waals surface area contributed by atoms with Crippen LogP contribution < -0.4 is 31.8 Å². The average Bonchev–Trinajstić information content (AvgIpc) is 3.93. The first-order valence-corrected chi connectivity index (χ1v) is 28.3. The molecule has 0 aliphatic heterocycles. The maximum absolute atomic E-state index is 7.75. The third-order valence-corrected chi connectivity index (χ3v) is 17.6. The van der Waals surface area contributed by atoms with Crippen LogP contribution in [0.5, 0.6) is 0 Å². The zero-order valence-corrected chi connectivity index (χ0v) is 43.1. The molecule has 3 nitrogen and oxygen atoms in total. The van der Waals surface area contributed by atoms with Gasteiger partial charge in [-0.3, -0.25) is 13.4 Å². The van der Waals surface area contributed by atoms with Gasteiger partial charge in [0.25, 0.3) is 0 Å². The maximum atomic E-state index is 7.75. The summed E-state index contributed by atoms with van der Waals surface area (Å²) in [6.07, 6.45) is 10.6. The molecule has 69 heavy (non-hydrogen) atoms. The Balaban J connectivity index is 0.000000136. The molecule has 0 bridgehead atoms. The molecule has 0 saturated carbocycles. The molecule has 339 valence electrons. The number of nitrogens with zero attached hydrogens (tertiary/aromatic N) is 2. The Kier molecular flexibility index (Phi) is 19.8. The number of benzene rings is 9. The number of allylic oxidation sites excluding steroid dienone is 4. The smallest absolute Gasteiger partial charge is 0.104 e. The summed E-state index contributed by atoms with van der Waals surface area (Å²) in [5.41, 5.74) is 8.77. The van der Waals surface area contributed by atoms with Crippen molar-refractivity contribution in [1.29, 1.82) is 0 Å². The molecule has 8 heteroatoms. The molecule has 0 amide bonds. The molecule has 2 aliphatic carbocycles. The molecular formula is C61H50ClN2OP2RuS+2. The van der Waals surface area contributed by atoms with E-state index in [0.29, 0.717) is 0 Å². The average molecular weight is 1060 g/mol. The van der Waals surface area contributed by atoms with Gasteiger partial charge >= 0.3 is 27.0 Å². The van der Waals surface area contributed by atoms with Gasteiger partial charge in [-0.05, 0) is 125 Å². The summed E-state index contributed by atoms with van der Waals surface area (Å²) in [7, 11) is 2.81. The molecule has 2 aliphatic rings. The predicted octanol–water partition coefficient (Wildman–Crippen LogP) is 12.8. The first-order valence-electron chi connectivity index (χ1n) is 22.4. The minimum atomic E-state index is -0.877. The van der Waals surface area contributed by atoms with Crippen LogP contribution in [0.3, 0.4) is 0 Å². The molecule has 0 unspecified atom stereocenters. The monoisotopic (exact) mass is 1060 g/mol. The molecule has 0 spiro atoms. The summed E-state index contributed by atoms with van der Waals surface area (Å²) in [4.78, 5) is 7.75. The van der Waals surface area contributed by atoms with E-state index in [4.69, 9.17) is 11.4 Å². The zero-order valence-electron chi connectivity index (χ0n) is 37.8. The number of carbonyl (C=O) groups excluding carboxylic acids is 1. The summed E-state index contributed by atoms with van der Waals surface area (Å²) in [5.74, 6) is 0. The largest absolute Gasteiger partial charge is 0.173 e. The summed E-state index contributed by atoms with van der Waals surface area (Å²) >= 11 is 3.08. The SMILES string of the molecule is [CH-]=Cc1ccc2ccc3c4c2c1CC=C4C=CC3.[CH-]=O.[Cl][Ru+2].c1ccc([PH+](c2ccccc2)c2ccccc2)cc1.c1ccc([PH+](c2ccccc2)c2ccccc2)cc1.c1ccc2nsnc2c1. The van der Waals surface area contributed by atoms with Crippen LogP contribution in [-0.2, 0) is 34.9 Å². The second-order valence-electron chi connectivity index (χ2n) is 15.7. The van der Waals surface area contributed by atoms with Gasteiger partial charge in [-0.25, -0.2) is 6.08 Å². The third-order valence-electron chi connectivity index (χ3n) is 11.6. The summed E-state index contributed by atoms with van der Waals surface area (Å²) in [6, 6.07) is 81.6. The molecule has 1 heterocycles. The van der Waals surface area contributed by atoms with Crippen molar-refractivity contribution < 1.29 is 22.1 Å². The molecule has 12 rings (SSSR count). The molecule has 0 atom stereocenters. The van der Waals surface area contributed by atoms with Gasteiger partial charge in [0.2, 0.25) is 0 Å². The molecule has 0 saturated heterocycles. The molecular weight excluding hydrogens is 1010 g/mol. The fourth-order valence-electron chi connectivity index (χ4n) is 8.56. The van der Waals surface area contributed by atoms with Crippen molar-refractivity contribution in [2.75, 3.05) is 0 Å². The zero-order chi connectivity index (χ0) is 48.0. The molecule has 0 fully saturated rings. The molecule has 0 radical (unpaired) electrons. The van der Waals surface area contributed by atoms with Gasteiger partial charge in [-0.15, -0.1) is 11.6 Å². The second kappa shape index (κ2) is 27.1. The molecule has 10 aromatic rings. The standard InChI is InChI=1S/2C18H15P.C18H13.C6H4N2S.CHO.ClH.Ru/c2*1-4-10-16(11-5-1)19(17-12-6-2-7-13-17)18-14-8-3-9-15-18;1-2-12-6-7-15-9-8-13-4-3-5-14-10-11-16(12)18(15)17(13)14;1-2-4-6-5(3-1)7-9-8-6;1-2;;/h2*1-15H;1-3,5-10H,4,11H2;1-4H;1H;1H;/q;;-1;;-1;;+3/p+1. The third kappa shape index (κ3) is 13.1. The Morgan fingerprint density at radius 3 is 1.22 bits per heavy atom. The van der Waals surface area contributed by atoms with E-state index in [9.17, 15) is 0 Å². The van der Waals surface area contributed by atoms with Crippen molar-refractivity contribution in [3.8, 4) is 0 Å². The van der Waals surface area contributed by atoms with Crippen molar-refractivity contribution in [1.82, 2.24) is 8.75 Å². The van der Waals surface area contributed by atoms with E-state index < -0.39 is 15.8 Å². The van der Waals surface area contributed by atoms with Gasteiger partial charge < -0.3 is 4.79 Å². The summed E-state index contributed by atoms with van der Waals surface area (Å²) in [5, 5.41) is 11.4. The van der Waals surface area contributed by atoms with Crippen molar-refractivity contribution >= 4 is 109 Å². The number of aromatic nitrogens is 2. The van der Waals surface area contributed by atoms with E-state index in [2.05, 4.69) is 250 Å². The summed E-state index contributed by atoms with van der Waals surface area (Å²) in [6.45, 7) is 9.00. The van der Waals surface area contributed by atoms with E-state index in [0.717, 1.165) is 23.9 Å². The normalized spacial score (nSPS) is 11.4. The van der Waals surface area contributed by atoms with Crippen molar-refractivity contribution in [2.45, 2.75) is 12.8 Å². The van der Waals surface area contributed by atoms with Crippen LogP contribution in [-0.4, -0.2) is 15.5 Å². The number of fused-ring (bicyclic) bond motifs is 1. The van der Waals surface area contributed by atoms with Crippen molar-refractivity contribution in [3.05, 3.63) is 278 Å². The van der Waals surface area contributed by atoms with E-state index >= 15 is 0 Å². The summed E-state index contributed by atoms with van der Waals surface area (Å²) < 4.78 is 8.10. The number of hydrogen-bond acceptors (Lipinski definition) is 4. The van der Waals surface area contributed by atoms with Crippen LogP contribution in [0.25, 0.3) is 33.5 Å². The van der Waals surface area contributed by atoms with Gasteiger partial charge in [-0.1, -0.05) is 158 Å². The number of halogens is 1. The first-order chi connectivity index (χ1) is 34.2. The Morgan fingerprint density at radius 1 is 0.478 bits per heavy atom. The van der Waals surface area contributed by atoms with Crippen molar-refractivity contribution in [3.63, 3.8) is 0 Å². The topological polar surface area (TPSA) is 42.9 Å². The maximum Gasteiger partial charge on any atom is 0.104 e. The van der Waals surface area contributed by atoms with Gasteiger partial charge in [0, 0.05) is 0 Å². The molecule has 1 aromatic heterocycles. The minimum Gasteiger partial charge on any atom is -0.173 e. The van der Waals surface area contributed by atoms with Crippen LogP contribution in [0.15, 0.2) is 249 Å². The van der Waals surface area contributed by atoms with Gasteiger partial charge in [0.15, 0.2) is 0 Å². The Morgan fingerprint density at radius 2 is 0.841 bits per heavy atom. The fourth-order valence-corrected chi connectivity index (χ4v) is 14.2. The van der Waals surface area contributed by atoms with Crippen LogP contribution in [0.4, 0.5) is 0 Å². The Bertz CT molecular complexity index is 2860. The van der Waals surface area contributed by atoms with Crippen LogP contribution >= 0.6 is 37.3 Å². The number of hydrogen-bond donors (Lipinski definition) is 0. The van der Waals surface area contributed by atoms with Gasteiger partial charge in [0.05, 0.1) is 27.6 Å².